The molecule has 0 spiro atoms. The van der Waals surface area contributed by atoms with Gasteiger partial charge in [-0.25, -0.2) is 14.1 Å². The lowest BCUT2D eigenvalue weighted by molar-refractivity contribution is -0.274. The van der Waals surface area contributed by atoms with Gasteiger partial charge in [0.2, 0.25) is 10.0 Å². The zero-order valence-corrected chi connectivity index (χ0v) is 15.8. The van der Waals surface area contributed by atoms with Crippen LogP contribution in [-0.4, -0.2) is 34.1 Å². The van der Waals surface area contributed by atoms with Gasteiger partial charge in [0.1, 0.15) is 30.1 Å². The largest absolute Gasteiger partial charge is 0.573 e. The summed E-state index contributed by atoms with van der Waals surface area (Å²) in [5.74, 6) is -1.48. The lowest BCUT2D eigenvalue weighted by Crippen LogP contribution is -2.17. The number of carbonyl (C=O) groups is 1. The summed E-state index contributed by atoms with van der Waals surface area (Å²) in [6, 6.07) is 8.80. The molecule has 0 aliphatic heterocycles. The predicted molar refractivity (Wildman–Crippen MR) is 99.0 cm³/mol. The molecule has 31 heavy (non-hydrogen) atoms. The maximum atomic E-state index is 14.2. The van der Waals surface area contributed by atoms with Crippen molar-refractivity contribution in [3.05, 3.63) is 66.0 Å². The lowest BCUT2D eigenvalue weighted by Gasteiger charge is -2.09. The number of rotatable bonds is 6. The summed E-state index contributed by atoms with van der Waals surface area (Å²) in [6.45, 7) is 0.0565. The van der Waals surface area contributed by atoms with Crippen molar-refractivity contribution in [2.24, 2.45) is 10.2 Å². The summed E-state index contributed by atoms with van der Waals surface area (Å²) in [4.78, 5) is 19.0. The minimum Gasteiger partial charge on any atom is -0.406 e. The number of halogens is 4. The van der Waals surface area contributed by atoms with Crippen molar-refractivity contribution in [1.29, 1.82) is 0 Å². The molecule has 0 saturated heterocycles. The van der Waals surface area contributed by atoms with E-state index >= 15 is 0 Å². The zero-order valence-electron chi connectivity index (χ0n) is 15.8. The Kier molecular flexibility index (Phi) is 6.36. The number of alkyl halides is 3. The standard InChI is InChI=1S/C18H13F4N7O2/c1-23-28-26-17(30)11-2-7-15(14(19)8-11)24-9-16-25-10-29(27-16)12-3-5-13(6-4-12)31-18(20,21)22/h2-8,10H,9H2,1H3/p+1. The van der Waals surface area contributed by atoms with E-state index in [1.54, 1.807) is 0 Å². The second-order valence-electron chi connectivity index (χ2n) is 5.89. The van der Waals surface area contributed by atoms with Gasteiger partial charge >= 0.3 is 12.3 Å². The molecular formula is C18H14F4N7O2+. The van der Waals surface area contributed by atoms with Gasteiger partial charge in [-0.1, -0.05) is 0 Å². The maximum absolute atomic E-state index is 14.2. The van der Waals surface area contributed by atoms with Crippen molar-refractivity contribution in [2.75, 3.05) is 12.4 Å². The molecule has 13 heteroatoms. The van der Waals surface area contributed by atoms with Crippen LogP contribution in [-0.2, 0) is 6.54 Å². The van der Waals surface area contributed by atoms with E-state index in [2.05, 4.69) is 35.3 Å². The summed E-state index contributed by atoms with van der Waals surface area (Å²) in [5, 5.41) is 13.6. The fourth-order valence-electron chi connectivity index (χ4n) is 2.41. The molecule has 0 aliphatic rings. The lowest BCUT2D eigenvalue weighted by atomic mass is 10.2. The summed E-state index contributed by atoms with van der Waals surface area (Å²) in [7, 11) is 1.34. The molecule has 1 aromatic heterocycles. The Balaban J connectivity index is 1.64. The van der Waals surface area contributed by atoms with Gasteiger partial charge in [-0.05, 0) is 42.5 Å². The summed E-state index contributed by atoms with van der Waals surface area (Å²) >= 11 is 0. The average molecular weight is 436 g/mol. The molecule has 1 N–H and O–H groups in total. The number of carbonyl (C=O) groups excluding carboxylic acids is 1. The Hall–Kier alpha value is -4.12. The summed E-state index contributed by atoms with van der Waals surface area (Å²) < 4.78 is 56.0. The van der Waals surface area contributed by atoms with Gasteiger partial charge in [0, 0.05) is 0 Å². The molecule has 9 nitrogen and oxygen atoms in total. The molecule has 1 heterocycles. The number of hydrogen-bond donors (Lipinski definition) is 1. The van der Waals surface area contributed by atoms with Crippen LogP contribution in [0.4, 0.5) is 23.2 Å². The highest BCUT2D eigenvalue weighted by Gasteiger charge is 2.31. The van der Waals surface area contributed by atoms with E-state index in [9.17, 15) is 22.4 Å². The molecule has 0 radical (unpaired) electrons. The number of nitrogens with one attached hydrogen (secondary N) is 1. The van der Waals surface area contributed by atoms with Crippen molar-refractivity contribution < 1.29 is 27.1 Å². The molecule has 0 fully saturated rings. The number of benzene rings is 2. The second-order valence-corrected chi connectivity index (χ2v) is 5.89. The zero-order chi connectivity index (χ0) is 22.4. The van der Waals surface area contributed by atoms with Crippen molar-refractivity contribution in [3.63, 3.8) is 0 Å². The van der Waals surface area contributed by atoms with E-state index in [-0.39, 0.29) is 23.5 Å². The van der Waals surface area contributed by atoms with E-state index < -0.39 is 18.1 Å². The van der Waals surface area contributed by atoms with Crippen molar-refractivity contribution in [1.82, 2.24) is 19.7 Å². The monoisotopic (exact) mass is 436 g/mol. The van der Waals surface area contributed by atoms with E-state index in [1.165, 1.54) is 42.3 Å². The van der Waals surface area contributed by atoms with Crippen LogP contribution in [0.5, 0.6) is 5.75 Å². The van der Waals surface area contributed by atoms with Crippen LogP contribution in [0, 0.1) is 5.82 Å². The normalized spacial score (nSPS) is 10.9. The van der Waals surface area contributed by atoms with E-state index in [0.29, 0.717) is 11.5 Å². The molecule has 0 bridgehead atoms. The van der Waals surface area contributed by atoms with Gasteiger partial charge in [-0.15, -0.1) is 18.3 Å². The smallest absolute Gasteiger partial charge is 0.406 e. The highest BCUT2D eigenvalue weighted by molar-refractivity contribution is 5.94. The summed E-state index contributed by atoms with van der Waals surface area (Å²) in [6.07, 6.45) is -3.41. The van der Waals surface area contributed by atoms with Crippen molar-refractivity contribution in [2.45, 2.75) is 12.9 Å². The van der Waals surface area contributed by atoms with Gasteiger partial charge in [-0.2, -0.15) is 0 Å². The quantitative estimate of drug-likeness (QED) is 0.361. The van der Waals surface area contributed by atoms with E-state index in [0.717, 1.165) is 18.2 Å². The molecule has 0 aliphatic carbocycles. The fourth-order valence-corrected chi connectivity index (χ4v) is 2.41. The highest BCUT2D eigenvalue weighted by Crippen LogP contribution is 2.23. The van der Waals surface area contributed by atoms with Gasteiger partial charge in [0.25, 0.3) is 0 Å². The molecular weight excluding hydrogens is 422 g/mol. The minimum absolute atomic E-state index is 0.0100. The first-order valence-electron chi connectivity index (χ1n) is 8.59. The molecule has 0 unspecified atom stereocenters. The molecule has 2 aromatic carbocycles. The van der Waals surface area contributed by atoms with E-state index in [4.69, 9.17) is 0 Å². The van der Waals surface area contributed by atoms with Gasteiger partial charge in [-0.3, -0.25) is 4.79 Å². The highest BCUT2D eigenvalue weighted by atomic mass is 19.4. The molecule has 0 saturated carbocycles. The van der Waals surface area contributed by atoms with Crippen LogP contribution in [0.2, 0.25) is 0 Å². The Morgan fingerprint density at radius 1 is 1.23 bits per heavy atom. The van der Waals surface area contributed by atoms with Gasteiger partial charge < -0.3 is 10.1 Å². The first-order valence-corrected chi connectivity index (χ1v) is 8.59. The number of anilines is 1. The van der Waals surface area contributed by atoms with Crippen molar-refractivity contribution in [3.8, 4) is 11.4 Å². The molecule has 0 atom stereocenters. The second kappa shape index (κ2) is 9.13. The first-order chi connectivity index (χ1) is 14.7. The van der Waals surface area contributed by atoms with Crippen LogP contribution >= 0.6 is 0 Å². The Morgan fingerprint density at radius 2 is 1.97 bits per heavy atom. The molecule has 3 aromatic rings. The van der Waals surface area contributed by atoms with Gasteiger partial charge in [0.05, 0.1) is 23.5 Å². The predicted octanol–water partition coefficient (Wildman–Crippen LogP) is 3.66. The van der Waals surface area contributed by atoms with Gasteiger partial charge in [0.15, 0.2) is 5.82 Å². The third-order valence-electron chi connectivity index (χ3n) is 3.75. The third-order valence-corrected chi connectivity index (χ3v) is 3.75. The molecule has 1 amide bonds. The Morgan fingerprint density at radius 3 is 2.61 bits per heavy atom. The van der Waals surface area contributed by atoms with Crippen LogP contribution in [0.15, 0.2) is 59.0 Å². The average Bonchev–Trinajstić information content (AvgIpc) is 3.19. The topological polar surface area (TPSA) is 108 Å². The minimum atomic E-state index is -4.77. The van der Waals surface area contributed by atoms with Crippen molar-refractivity contribution >= 4 is 11.6 Å². The fraction of sp³-hybridized carbons (Fsp3) is 0.167. The third kappa shape index (κ3) is 5.93. The Labute approximate surface area is 172 Å². The molecule has 3 rings (SSSR count). The van der Waals surface area contributed by atoms with Crippen LogP contribution < -0.4 is 15.0 Å². The summed E-state index contributed by atoms with van der Waals surface area (Å²) in [5.41, 5.74) is 0.574. The maximum Gasteiger partial charge on any atom is 0.573 e. The number of amides is 1. The molecule has 160 valence electrons. The Bertz CT molecular complexity index is 1140. The number of ether oxygens (including phenoxy) is 1. The SMILES string of the molecule is CN=[N+]=NC(=O)c1ccc(NCc2ncn(-c3ccc(OC(F)(F)F)cc3)n2)c(F)c1. The van der Waals surface area contributed by atoms with Crippen LogP contribution in [0.1, 0.15) is 16.2 Å². The number of aromatic nitrogens is 3. The van der Waals surface area contributed by atoms with Crippen LogP contribution in [0.25, 0.3) is 5.69 Å². The van der Waals surface area contributed by atoms with Crippen LogP contribution in [0.3, 0.4) is 0 Å². The van der Waals surface area contributed by atoms with E-state index in [1.807, 2.05) is 0 Å². The first kappa shape index (κ1) is 21.6. The number of hydrogen-bond acceptors (Lipinski definition) is 6. The number of nitrogens with zero attached hydrogens (tertiary/aromatic N) is 6.